The van der Waals surface area contributed by atoms with Crippen LogP contribution in [0, 0.1) is 0 Å². The van der Waals surface area contributed by atoms with Gasteiger partial charge < -0.3 is 9.47 Å². The minimum atomic E-state index is -0.259. The fourth-order valence-electron chi connectivity index (χ4n) is 4.01. The molecule has 0 aromatic heterocycles. The maximum Gasteiger partial charge on any atom is 0.344 e. The van der Waals surface area contributed by atoms with Crippen molar-refractivity contribution in [3.8, 4) is 11.5 Å². The quantitative estimate of drug-likeness (QED) is 0.349. The highest BCUT2D eigenvalue weighted by Gasteiger charge is 2.32. The molecule has 4 heteroatoms. The predicted octanol–water partition coefficient (Wildman–Crippen LogP) is 4.70. The van der Waals surface area contributed by atoms with E-state index in [0.717, 1.165) is 47.6 Å². The fourth-order valence-corrected chi connectivity index (χ4v) is 4.01. The summed E-state index contributed by atoms with van der Waals surface area (Å²) in [5.41, 5.74) is 3.80. The first-order chi connectivity index (χ1) is 12.7. The molecule has 4 nitrogen and oxygen atoms in total. The van der Waals surface area contributed by atoms with Gasteiger partial charge in [-0.2, -0.15) is 0 Å². The first-order valence-electron chi connectivity index (χ1n) is 8.88. The number of rotatable bonds is 3. The van der Waals surface area contributed by atoms with Gasteiger partial charge in [0, 0.05) is 27.5 Å². The van der Waals surface area contributed by atoms with E-state index in [4.69, 9.17) is 9.47 Å². The van der Waals surface area contributed by atoms with Gasteiger partial charge >= 0.3 is 5.97 Å². The molecular weight excluding hydrogens is 328 g/mol. The summed E-state index contributed by atoms with van der Waals surface area (Å²) in [5, 5.41) is 1.61. The maximum absolute atomic E-state index is 12.6. The molecule has 1 aliphatic carbocycles. The van der Waals surface area contributed by atoms with Gasteiger partial charge in [-0.15, -0.1) is 0 Å². The smallest absolute Gasteiger partial charge is 0.344 e. The Morgan fingerprint density at radius 3 is 2.54 bits per heavy atom. The molecular formula is C22H20O4. The van der Waals surface area contributed by atoms with E-state index >= 15 is 0 Å². The number of carbonyl (C=O) groups excluding carboxylic acids is 2. The molecule has 1 saturated carbocycles. The maximum atomic E-state index is 12.6. The van der Waals surface area contributed by atoms with Gasteiger partial charge in [-0.1, -0.05) is 18.6 Å². The zero-order valence-corrected chi connectivity index (χ0v) is 14.8. The van der Waals surface area contributed by atoms with Crippen LogP contribution >= 0.6 is 0 Å². The number of methoxy groups -OCH3 is 1. The van der Waals surface area contributed by atoms with Crippen molar-refractivity contribution in [1.29, 1.82) is 0 Å². The lowest BCUT2D eigenvalue weighted by atomic mass is 9.88. The number of hydrogen-bond acceptors (Lipinski definition) is 4. The summed E-state index contributed by atoms with van der Waals surface area (Å²) < 4.78 is 11.2. The van der Waals surface area contributed by atoms with Crippen molar-refractivity contribution in [3.05, 3.63) is 47.5 Å². The molecule has 0 atom stereocenters. The van der Waals surface area contributed by atoms with Gasteiger partial charge in [0.2, 0.25) is 0 Å². The standard InChI is InChI=1S/C22H20O4/c1-13(12-23)15-8-9-17-16(20(15)25-2)10-11-18-19(22(24)26-21(17)18)14-6-4-3-5-7-14/h8-12H,1,3-7H2,2H3. The monoisotopic (exact) mass is 348 g/mol. The highest BCUT2D eigenvalue weighted by molar-refractivity contribution is 6.25. The number of esters is 1. The van der Waals surface area contributed by atoms with Crippen LogP contribution in [0.1, 0.15) is 43.2 Å². The van der Waals surface area contributed by atoms with Crippen molar-refractivity contribution >= 4 is 34.2 Å². The van der Waals surface area contributed by atoms with Gasteiger partial charge in [-0.05, 0) is 49.9 Å². The SMILES string of the molecule is C=C(C=O)c1ccc2c3c(ccc2c1OC)C(=C1CCCCC1)C(=O)O3. The molecule has 1 heterocycles. The summed E-state index contributed by atoms with van der Waals surface area (Å²) in [6.07, 6.45) is 6.10. The van der Waals surface area contributed by atoms with Crippen LogP contribution in [-0.4, -0.2) is 19.4 Å². The molecule has 2 aromatic rings. The average molecular weight is 348 g/mol. The normalized spacial score (nSPS) is 16.4. The molecule has 2 aliphatic rings. The van der Waals surface area contributed by atoms with Crippen molar-refractivity contribution in [3.63, 3.8) is 0 Å². The van der Waals surface area contributed by atoms with Crippen molar-refractivity contribution in [2.75, 3.05) is 7.11 Å². The van der Waals surface area contributed by atoms with E-state index in [1.165, 1.54) is 12.0 Å². The number of carbonyl (C=O) groups is 2. The topological polar surface area (TPSA) is 52.6 Å². The molecule has 0 bridgehead atoms. The summed E-state index contributed by atoms with van der Waals surface area (Å²) in [7, 11) is 1.56. The number of benzene rings is 2. The molecule has 1 fully saturated rings. The fraction of sp³-hybridized carbons (Fsp3) is 0.273. The van der Waals surface area contributed by atoms with E-state index in [1.54, 1.807) is 13.2 Å². The third-order valence-electron chi connectivity index (χ3n) is 5.27. The number of fused-ring (bicyclic) bond motifs is 3. The van der Waals surface area contributed by atoms with Gasteiger partial charge in [0.1, 0.15) is 17.8 Å². The van der Waals surface area contributed by atoms with E-state index in [1.807, 2.05) is 18.2 Å². The number of allylic oxidation sites excluding steroid dienone is 2. The number of aldehydes is 1. The van der Waals surface area contributed by atoms with E-state index in [9.17, 15) is 9.59 Å². The lowest BCUT2D eigenvalue weighted by Gasteiger charge is -2.15. The van der Waals surface area contributed by atoms with Crippen LogP contribution in [0.15, 0.2) is 36.4 Å². The summed E-state index contributed by atoms with van der Waals surface area (Å²) in [6.45, 7) is 3.78. The summed E-state index contributed by atoms with van der Waals surface area (Å²) in [5.74, 6) is 0.893. The first-order valence-corrected chi connectivity index (χ1v) is 8.88. The van der Waals surface area contributed by atoms with Crippen molar-refractivity contribution in [1.82, 2.24) is 0 Å². The van der Waals surface area contributed by atoms with Crippen LogP contribution in [0.25, 0.3) is 21.9 Å². The van der Waals surface area contributed by atoms with Crippen molar-refractivity contribution < 1.29 is 19.1 Å². The van der Waals surface area contributed by atoms with Gasteiger partial charge in [-0.3, -0.25) is 4.79 Å². The molecule has 26 heavy (non-hydrogen) atoms. The Kier molecular flexibility index (Phi) is 4.11. The summed E-state index contributed by atoms with van der Waals surface area (Å²) in [6, 6.07) is 7.51. The molecule has 0 spiro atoms. The average Bonchev–Trinajstić information content (AvgIpc) is 3.03. The summed E-state index contributed by atoms with van der Waals surface area (Å²) >= 11 is 0. The third-order valence-corrected chi connectivity index (χ3v) is 5.27. The molecule has 4 rings (SSSR count). The molecule has 0 amide bonds. The van der Waals surface area contributed by atoms with Gasteiger partial charge in [0.25, 0.3) is 0 Å². The lowest BCUT2D eigenvalue weighted by molar-refractivity contribution is -0.127. The Morgan fingerprint density at radius 1 is 1.12 bits per heavy atom. The minimum absolute atomic E-state index is 0.259. The Balaban J connectivity index is 1.94. The minimum Gasteiger partial charge on any atom is -0.495 e. The Morgan fingerprint density at radius 2 is 1.85 bits per heavy atom. The molecule has 0 unspecified atom stereocenters. The van der Waals surface area contributed by atoms with Crippen LogP contribution in [0.2, 0.25) is 0 Å². The Bertz CT molecular complexity index is 973. The Labute approximate surface area is 152 Å². The molecule has 132 valence electrons. The van der Waals surface area contributed by atoms with E-state index < -0.39 is 0 Å². The second-order valence-electron chi connectivity index (χ2n) is 6.76. The molecule has 0 radical (unpaired) electrons. The van der Waals surface area contributed by atoms with Crippen LogP contribution in [0.3, 0.4) is 0 Å². The third kappa shape index (κ3) is 2.45. The number of ether oxygens (including phenoxy) is 2. The molecule has 1 aliphatic heterocycles. The zero-order valence-electron chi connectivity index (χ0n) is 14.8. The van der Waals surface area contributed by atoms with Crippen molar-refractivity contribution in [2.45, 2.75) is 32.1 Å². The molecule has 0 saturated heterocycles. The lowest BCUT2D eigenvalue weighted by Crippen LogP contribution is -2.06. The molecule has 2 aromatic carbocycles. The predicted molar refractivity (Wildman–Crippen MR) is 101 cm³/mol. The largest absolute Gasteiger partial charge is 0.495 e. The second kappa shape index (κ2) is 6.45. The van der Waals surface area contributed by atoms with E-state index in [0.29, 0.717) is 28.9 Å². The van der Waals surface area contributed by atoms with Gasteiger partial charge in [0.15, 0.2) is 0 Å². The number of hydrogen-bond donors (Lipinski definition) is 0. The van der Waals surface area contributed by atoms with Crippen LogP contribution < -0.4 is 9.47 Å². The highest BCUT2D eigenvalue weighted by atomic mass is 16.5. The van der Waals surface area contributed by atoms with Gasteiger partial charge in [-0.25, -0.2) is 4.79 Å². The van der Waals surface area contributed by atoms with Gasteiger partial charge in [0.05, 0.1) is 12.7 Å². The second-order valence-corrected chi connectivity index (χ2v) is 6.76. The van der Waals surface area contributed by atoms with Crippen LogP contribution in [0.5, 0.6) is 11.5 Å². The van der Waals surface area contributed by atoms with Crippen LogP contribution in [-0.2, 0) is 9.59 Å². The molecule has 0 N–H and O–H groups in total. The first kappa shape index (κ1) is 16.6. The van der Waals surface area contributed by atoms with E-state index in [-0.39, 0.29) is 5.97 Å². The highest BCUT2D eigenvalue weighted by Crippen LogP contribution is 2.46. The van der Waals surface area contributed by atoms with Crippen LogP contribution in [0.4, 0.5) is 0 Å². The summed E-state index contributed by atoms with van der Waals surface area (Å²) in [4.78, 5) is 23.7. The van der Waals surface area contributed by atoms with Crippen molar-refractivity contribution in [2.24, 2.45) is 0 Å². The Hall–Kier alpha value is -2.88. The zero-order chi connectivity index (χ0) is 18.3. The van der Waals surface area contributed by atoms with E-state index in [2.05, 4.69) is 6.58 Å².